The molecule has 0 spiro atoms. The summed E-state index contributed by atoms with van der Waals surface area (Å²) in [4.78, 5) is 25.1. The molecule has 1 heterocycles. The van der Waals surface area contributed by atoms with Crippen LogP contribution in [-0.4, -0.2) is 41.3 Å². The summed E-state index contributed by atoms with van der Waals surface area (Å²) in [5.74, 6) is -0.139. The lowest BCUT2D eigenvalue weighted by Crippen LogP contribution is -2.48. The van der Waals surface area contributed by atoms with E-state index < -0.39 is 5.41 Å². The van der Waals surface area contributed by atoms with E-state index in [1.807, 2.05) is 0 Å². The van der Waals surface area contributed by atoms with Gasteiger partial charge in [-0.1, -0.05) is 12.2 Å². The van der Waals surface area contributed by atoms with Gasteiger partial charge in [-0.3, -0.25) is 9.59 Å². The normalized spacial score (nSPS) is 17.6. The Morgan fingerprint density at radius 1 is 1.50 bits per heavy atom. The van der Waals surface area contributed by atoms with E-state index in [0.29, 0.717) is 26.1 Å². The van der Waals surface area contributed by atoms with E-state index in [2.05, 4.69) is 5.32 Å². The molecule has 6 heteroatoms. The van der Waals surface area contributed by atoms with Gasteiger partial charge in [-0.15, -0.1) is 0 Å². The van der Waals surface area contributed by atoms with Crippen LogP contribution in [0.1, 0.15) is 20.3 Å². The molecule has 1 rings (SSSR count). The first-order valence-electron chi connectivity index (χ1n) is 5.21. The Hall–Kier alpha value is -1.17. The second-order valence-electron chi connectivity index (χ2n) is 4.38. The van der Waals surface area contributed by atoms with Gasteiger partial charge in [0.1, 0.15) is 0 Å². The monoisotopic (exact) mass is 243 g/mol. The molecule has 90 valence electrons. The molecule has 1 aliphatic heterocycles. The van der Waals surface area contributed by atoms with Crippen LogP contribution in [0.15, 0.2) is 0 Å². The molecule has 0 radical (unpaired) electrons. The highest BCUT2D eigenvalue weighted by Gasteiger charge is 2.35. The Labute approximate surface area is 100 Å². The van der Waals surface area contributed by atoms with Crippen LogP contribution in [0, 0.1) is 5.41 Å². The van der Waals surface area contributed by atoms with Crippen molar-refractivity contribution in [1.82, 2.24) is 10.2 Å². The molecular weight excluding hydrogens is 226 g/mol. The fraction of sp³-hybridized carbons (Fsp3) is 0.700. The van der Waals surface area contributed by atoms with E-state index in [-0.39, 0.29) is 16.8 Å². The van der Waals surface area contributed by atoms with Crippen LogP contribution in [0.4, 0.5) is 0 Å². The van der Waals surface area contributed by atoms with Crippen molar-refractivity contribution in [1.29, 1.82) is 0 Å². The molecule has 2 amide bonds. The molecular formula is C10H17N3O2S. The SMILES string of the molecule is CC(C)(C(=O)N1CCNC(=O)CC1)C(N)=S. The van der Waals surface area contributed by atoms with Gasteiger partial charge in [-0.2, -0.15) is 0 Å². The predicted molar refractivity (Wildman–Crippen MR) is 64.8 cm³/mol. The number of nitrogens with zero attached hydrogens (tertiary/aromatic N) is 1. The Morgan fingerprint density at radius 3 is 2.69 bits per heavy atom. The highest BCUT2D eigenvalue weighted by Crippen LogP contribution is 2.19. The molecule has 0 atom stereocenters. The Morgan fingerprint density at radius 2 is 2.12 bits per heavy atom. The van der Waals surface area contributed by atoms with Gasteiger partial charge in [0.15, 0.2) is 0 Å². The molecule has 0 aromatic rings. The maximum atomic E-state index is 12.1. The number of hydrogen-bond donors (Lipinski definition) is 2. The van der Waals surface area contributed by atoms with Crippen molar-refractivity contribution < 1.29 is 9.59 Å². The molecule has 3 N–H and O–H groups in total. The van der Waals surface area contributed by atoms with Crippen LogP contribution in [0.3, 0.4) is 0 Å². The van der Waals surface area contributed by atoms with Crippen molar-refractivity contribution in [3.63, 3.8) is 0 Å². The van der Waals surface area contributed by atoms with E-state index in [0.717, 1.165) is 0 Å². The zero-order valence-electron chi connectivity index (χ0n) is 9.58. The molecule has 0 saturated carbocycles. The van der Waals surface area contributed by atoms with Gasteiger partial charge in [0.2, 0.25) is 11.8 Å². The van der Waals surface area contributed by atoms with E-state index in [1.165, 1.54) is 0 Å². The summed E-state index contributed by atoms with van der Waals surface area (Å²) in [5, 5.41) is 2.71. The molecule has 16 heavy (non-hydrogen) atoms. The first kappa shape index (κ1) is 12.9. The molecule has 5 nitrogen and oxygen atoms in total. The zero-order valence-corrected chi connectivity index (χ0v) is 10.4. The summed E-state index contributed by atoms with van der Waals surface area (Å²) in [6, 6.07) is 0. The minimum absolute atomic E-state index is 0.0246. The quantitative estimate of drug-likeness (QED) is 0.650. The molecule has 0 aliphatic carbocycles. The number of hydrogen-bond acceptors (Lipinski definition) is 3. The minimum atomic E-state index is -0.845. The topological polar surface area (TPSA) is 75.4 Å². The fourth-order valence-corrected chi connectivity index (χ4v) is 1.56. The van der Waals surface area contributed by atoms with Crippen LogP contribution in [0.5, 0.6) is 0 Å². The maximum Gasteiger partial charge on any atom is 0.235 e. The summed E-state index contributed by atoms with van der Waals surface area (Å²) < 4.78 is 0. The summed E-state index contributed by atoms with van der Waals surface area (Å²) >= 11 is 4.88. The van der Waals surface area contributed by atoms with E-state index in [9.17, 15) is 9.59 Å². The molecule has 0 aromatic heterocycles. The largest absolute Gasteiger partial charge is 0.392 e. The molecule has 1 aliphatic rings. The Bertz CT molecular complexity index is 328. The standard InChI is InChI=1S/C10H17N3O2S/c1-10(2,8(11)16)9(15)13-5-3-7(14)12-4-6-13/h3-6H2,1-2H3,(H2,11,16)(H,12,14). The number of nitrogens with one attached hydrogen (secondary N) is 1. The van der Waals surface area contributed by atoms with Crippen LogP contribution >= 0.6 is 12.2 Å². The highest BCUT2D eigenvalue weighted by atomic mass is 32.1. The lowest BCUT2D eigenvalue weighted by molar-refractivity contribution is -0.136. The lowest BCUT2D eigenvalue weighted by Gasteiger charge is -2.29. The Kier molecular flexibility index (Phi) is 3.85. The second-order valence-corrected chi connectivity index (χ2v) is 4.82. The highest BCUT2D eigenvalue weighted by molar-refractivity contribution is 7.80. The number of rotatable bonds is 2. The van der Waals surface area contributed by atoms with Crippen molar-refractivity contribution in [3.05, 3.63) is 0 Å². The van der Waals surface area contributed by atoms with Crippen molar-refractivity contribution in [2.24, 2.45) is 11.1 Å². The van der Waals surface area contributed by atoms with Gasteiger partial charge in [-0.25, -0.2) is 0 Å². The first-order valence-corrected chi connectivity index (χ1v) is 5.62. The first-order chi connectivity index (χ1) is 7.35. The van der Waals surface area contributed by atoms with Gasteiger partial charge in [0.05, 0.1) is 10.4 Å². The average molecular weight is 243 g/mol. The van der Waals surface area contributed by atoms with Gasteiger partial charge >= 0.3 is 0 Å². The third kappa shape index (κ3) is 2.69. The maximum absolute atomic E-state index is 12.1. The summed E-state index contributed by atoms with van der Waals surface area (Å²) in [6.07, 6.45) is 0.332. The fourth-order valence-electron chi connectivity index (χ4n) is 1.47. The molecule has 1 saturated heterocycles. The number of thiocarbonyl (C=S) groups is 1. The number of amides is 2. The van der Waals surface area contributed by atoms with Crippen LogP contribution in [0.25, 0.3) is 0 Å². The zero-order chi connectivity index (χ0) is 12.3. The van der Waals surface area contributed by atoms with Crippen molar-refractivity contribution in [2.75, 3.05) is 19.6 Å². The smallest absolute Gasteiger partial charge is 0.235 e. The van der Waals surface area contributed by atoms with Crippen LogP contribution in [0.2, 0.25) is 0 Å². The van der Waals surface area contributed by atoms with Crippen molar-refractivity contribution in [3.8, 4) is 0 Å². The molecule has 1 fully saturated rings. The van der Waals surface area contributed by atoms with Gasteiger partial charge in [0, 0.05) is 26.1 Å². The van der Waals surface area contributed by atoms with Crippen LogP contribution < -0.4 is 11.1 Å². The third-order valence-corrected chi connectivity index (χ3v) is 3.26. The van der Waals surface area contributed by atoms with E-state index in [4.69, 9.17) is 18.0 Å². The van der Waals surface area contributed by atoms with Crippen molar-refractivity contribution in [2.45, 2.75) is 20.3 Å². The van der Waals surface area contributed by atoms with Gasteiger partial charge < -0.3 is 16.0 Å². The molecule has 0 aromatic carbocycles. The van der Waals surface area contributed by atoms with Crippen molar-refractivity contribution >= 4 is 29.0 Å². The van der Waals surface area contributed by atoms with Gasteiger partial charge in [0.25, 0.3) is 0 Å². The minimum Gasteiger partial charge on any atom is -0.392 e. The van der Waals surface area contributed by atoms with E-state index in [1.54, 1.807) is 18.7 Å². The second kappa shape index (κ2) is 4.78. The van der Waals surface area contributed by atoms with Crippen LogP contribution in [-0.2, 0) is 9.59 Å². The van der Waals surface area contributed by atoms with Gasteiger partial charge in [-0.05, 0) is 13.8 Å². The third-order valence-electron chi connectivity index (χ3n) is 2.75. The number of carbonyl (C=O) groups is 2. The van der Waals surface area contributed by atoms with E-state index >= 15 is 0 Å². The summed E-state index contributed by atoms with van der Waals surface area (Å²) in [6.45, 7) is 4.83. The summed E-state index contributed by atoms with van der Waals surface area (Å²) in [7, 11) is 0. The number of carbonyl (C=O) groups excluding carboxylic acids is 2. The lowest BCUT2D eigenvalue weighted by atomic mass is 9.91. The average Bonchev–Trinajstić information content (AvgIpc) is 2.41. The Balaban J connectivity index is 2.73. The summed E-state index contributed by atoms with van der Waals surface area (Å²) in [5.41, 5.74) is 4.70. The molecule has 0 unspecified atom stereocenters. The molecule has 0 bridgehead atoms. The predicted octanol–water partition coefficient (Wildman–Crippen LogP) is -0.353. The number of nitrogens with two attached hydrogens (primary N) is 1.